The maximum absolute atomic E-state index is 12.0. The van der Waals surface area contributed by atoms with E-state index in [1.54, 1.807) is 24.3 Å². The predicted octanol–water partition coefficient (Wildman–Crippen LogP) is 1.05. The molecular weight excluding hydrogens is 220 g/mol. The van der Waals surface area contributed by atoms with Crippen molar-refractivity contribution < 1.29 is 14.4 Å². The van der Waals surface area contributed by atoms with E-state index in [1.807, 2.05) is 0 Å². The van der Waals surface area contributed by atoms with E-state index in [-0.39, 0.29) is 5.78 Å². The van der Waals surface area contributed by atoms with Gasteiger partial charge in [-0.3, -0.25) is 9.59 Å². The standard InChI is InChI=1S/C12H12N2O3/c1-7(15)10-8-5-3-4-6-9(8)14(11(10)16)12(17)13-2/h3-6,10H,1-2H3,(H,13,17). The minimum absolute atomic E-state index is 0.256. The molecule has 0 aliphatic carbocycles. The van der Waals surface area contributed by atoms with Crippen molar-refractivity contribution in [1.82, 2.24) is 5.32 Å². The second-order valence-electron chi connectivity index (χ2n) is 3.83. The van der Waals surface area contributed by atoms with Crippen LogP contribution < -0.4 is 10.2 Å². The van der Waals surface area contributed by atoms with Gasteiger partial charge in [0.05, 0.1) is 5.69 Å². The first-order chi connectivity index (χ1) is 8.07. The maximum Gasteiger partial charge on any atom is 0.328 e. The molecule has 17 heavy (non-hydrogen) atoms. The van der Waals surface area contributed by atoms with Crippen molar-refractivity contribution in [2.45, 2.75) is 12.8 Å². The number of nitrogens with zero attached hydrogens (tertiary/aromatic N) is 1. The fourth-order valence-corrected chi connectivity index (χ4v) is 2.03. The van der Waals surface area contributed by atoms with Crippen LogP contribution in [0.5, 0.6) is 0 Å². The molecule has 5 heteroatoms. The predicted molar refractivity (Wildman–Crippen MR) is 61.8 cm³/mol. The molecule has 88 valence electrons. The van der Waals surface area contributed by atoms with Crippen LogP contribution in [0.4, 0.5) is 10.5 Å². The monoisotopic (exact) mass is 232 g/mol. The summed E-state index contributed by atoms with van der Waals surface area (Å²) >= 11 is 0. The third-order valence-corrected chi connectivity index (χ3v) is 2.78. The number of carbonyl (C=O) groups excluding carboxylic acids is 3. The lowest BCUT2D eigenvalue weighted by atomic mass is 9.97. The Morgan fingerprint density at radius 3 is 2.53 bits per heavy atom. The summed E-state index contributed by atoms with van der Waals surface area (Å²) in [5, 5.41) is 2.39. The highest BCUT2D eigenvalue weighted by atomic mass is 16.2. The topological polar surface area (TPSA) is 66.5 Å². The SMILES string of the molecule is CNC(=O)N1C(=O)C(C(C)=O)c2ccccc21. The van der Waals surface area contributed by atoms with Gasteiger partial charge < -0.3 is 5.32 Å². The van der Waals surface area contributed by atoms with Gasteiger partial charge in [0.2, 0.25) is 5.91 Å². The van der Waals surface area contributed by atoms with Gasteiger partial charge in [0.15, 0.2) is 0 Å². The number of anilines is 1. The second-order valence-corrected chi connectivity index (χ2v) is 3.83. The van der Waals surface area contributed by atoms with Crippen LogP contribution in [0.2, 0.25) is 0 Å². The molecule has 0 saturated heterocycles. The van der Waals surface area contributed by atoms with Gasteiger partial charge in [0, 0.05) is 7.05 Å². The quantitative estimate of drug-likeness (QED) is 0.736. The van der Waals surface area contributed by atoms with Gasteiger partial charge in [-0.05, 0) is 18.6 Å². The number of imide groups is 1. The van der Waals surface area contributed by atoms with E-state index in [4.69, 9.17) is 0 Å². The van der Waals surface area contributed by atoms with E-state index in [0.717, 1.165) is 4.90 Å². The minimum Gasteiger partial charge on any atom is -0.340 e. The van der Waals surface area contributed by atoms with Crippen molar-refractivity contribution in [3.8, 4) is 0 Å². The van der Waals surface area contributed by atoms with Gasteiger partial charge >= 0.3 is 6.03 Å². The molecule has 3 amide bonds. The summed E-state index contributed by atoms with van der Waals surface area (Å²) in [7, 11) is 1.44. The lowest BCUT2D eigenvalue weighted by Crippen LogP contribution is -2.41. The molecule has 0 saturated carbocycles. The van der Waals surface area contributed by atoms with Gasteiger partial charge in [-0.25, -0.2) is 9.69 Å². The molecule has 5 nitrogen and oxygen atoms in total. The Kier molecular flexibility index (Phi) is 2.67. The number of benzene rings is 1. The minimum atomic E-state index is -0.858. The van der Waals surface area contributed by atoms with E-state index in [2.05, 4.69) is 5.32 Å². The van der Waals surface area contributed by atoms with E-state index in [0.29, 0.717) is 11.3 Å². The number of hydrogen-bond donors (Lipinski definition) is 1. The lowest BCUT2D eigenvalue weighted by molar-refractivity contribution is -0.126. The van der Waals surface area contributed by atoms with Crippen molar-refractivity contribution >= 4 is 23.4 Å². The molecule has 0 spiro atoms. The number of hydrogen-bond acceptors (Lipinski definition) is 3. The van der Waals surface area contributed by atoms with Crippen molar-refractivity contribution in [1.29, 1.82) is 0 Å². The molecule has 1 aromatic carbocycles. The Bertz CT molecular complexity index is 510. The average Bonchev–Trinajstić information content (AvgIpc) is 2.60. The highest BCUT2D eigenvalue weighted by Crippen LogP contribution is 2.37. The number of fused-ring (bicyclic) bond motifs is 1. The van der Waals surface area contributed by atoms with Crippen molar-refractivity contribution in [3.63, 3.8) is 0 Å². The molecule has 1 unspecified atom stereocenters. The molecule has 0 radical (unpaired) electrons. The van der Waals surface area contributed by atoms with E-state index in [9.17, 15) is 14.4 Å². The van der Waals surface area contributed by atoms with Crippen LogP contribution in [0, 0.1) is 0 Å². The Morgan fingerprint density at radius 2 is 1.94 bits per heavy atom. The summed E-state index contributed by atoms with van der Waals surface area (Å²) in [5.74, 6) is -1.60. The zero-order valence-electron chi connectivity index (χ0n) is 9.56. The first kappa shape index (κ1) is 11.3. The Labute approximate surface area is 98.4 Å². The second kappa shape index (κ2) is 4.01. The number of Topliss-reactive ketones (excluding diaryl/α,β-unsaturated/α-hetero) is 1. The molecule has 1 atom stereocenters. The van der Waals surface area contributed by atoms with Gasteiger partial charge in [-0.1, -0.05) is 18.2 Å². The number of nitrogens with one attached hydrogen (secondary N) is 1. The summed E-state index contributed by atoms with van der Waals surface area (Å²) in [6.45, 7) is 1.35. The molecule has 0 bridgehead atoms. The lowest BCUT2D eigenvalue weighted by Gasteiger charge is -2.14. The average molecular weight is 232 g/mol. The van der Waals surface area contributed by atoms with E-state index in [1.165, 1.54) is 14.0 Å². The molecule has 0 fully saturated rings. The number of amides is 3. The van der Waals surface area contributed by atoms with Crippen molar-refractivity contribution in [2.75, 3.05) is 11.9 Å². The third-order valence-electron chi connectivity index (χ3n) is 2.78. The van der Waals surface area contributed by atoms with E-state index >= 15 is 0 Å². The molecular formula is C12H12N2O3. The fraction of sp³-hybridized carbons (Fsp3) is 0.250. The number of ketones is 1. The Balaban J connectivity index is 2.56. The summed E-state index contributed by atoms with van der Waals surface area (Å²) in [4.78, 5) is 36.2. The largest absolute Gasteiger partial charge is 0.340 e. The smallest absolute Gasteiger partial charge is 0.328 e. The van der Waals surface area contributed by atoms with Crippen molar-refractivity contribution in [2.24, 2.45) is 0 Å². The van der Waals surface area contributed by atoms with Gasteiger partial charge in [-0.15, -0.1) is 0 Å². The fourth-order valence-electron chi connectivity index (χ4n) is 2.03. The number of rotatable bonds is 1. The first-order valence-electron chi connectivity index (χ1n) is 5.23. The molecule has 1 aromatic rings. The molecule has 2 rings (SSSR count). The normalized spacial score (nSPS) is 17.9. The number of para-hydroxylation sites is 1. The number of carbonyl (C=O) groups is 3. The third kappa shape index (κ3) is 1.60. The van der Waals surface area contributed by atoms with Crippen LogP contribution in [0.25, 0.3) is 0 Å². The highest BCUT2D eigenvalue weighted by Gasteiger charge is 2.42. The maximum atomic E-state index is 12.0. The molecule has 1 aliphatic heterocycles. The van der Waals surface area contributed by atoms with Gasteiger partial charge in [-0.2, -0.15) is 0 Å². The Hall–Kier alpha value is -2.17. The van der Waals surface area contributed by atoms with Crippen LogP contribution in [-0.2, 0) is 9.59 Å². The first-order valence-corrected chi connectivity index (χ1v) is 5.23. The summed E-state index contributed by atoms with van der Waals surface area (Å²) in [5.41, 5.74) is 1.07. The van der Waals surface area contributed by atoms with Gasteiger partial charge in [0.25, 0.3) is 0 Å². The molecule has 0 aromatic heterocycles. The molecule has 1 N–H and O–H groups in total. The van der Waals surface area contributed by atoms with Crippen LogP contribution in [-0.4, -0.2) is 24.8 Å². The zero-order chi connectivity index (χ0) is 12.6. The van der Waals surface area contributed by atoms with E-state index < -0.39 is 17.9 Å². The molecule has 1 aliphatic rings. The van der Waals surface area contributed by atoms with Crippen LogP contribution in [0.15, 0.2) is 24.3 Å². The highest BCUT2D eigenvalue weighted by molar-refractivity contribution is 6.27. The van der Waals surface area contributed by atoms with Crippen LogP contribution >= 0.6 is 0 Å². The Morgan fingerprint density at radius 1 is 1.29 bits per heavy atom. The molecule has 1 heterocycles. The van der Waals surface area contributed by atoms with Crippen LogP contribution in [0.3, 0.4) is 0 Å². The number of urea groups is 1. The summed E-state index contributed by atoms with van der Waals surface area (Å²) in [6, 6.07) is 6.30. The van der Waals surface area contributed by atoms with Crippen LogP contribution in [0.1, 0.15) is 18.4 Å². The summed E-state index contributed by atoms with van der Waals surface area (Å²) < 4.78 is 0. The zero-order valence-corrected chi connectivity index (χ0v) is 9.56. The summed E-state index contributed by atoms with van der Waals surface area (Å²) in [6.07, 6.45) is 0. The van der Waals surface area contributed by atoms with Gasteiger partial charge in [0.1, 0.15) is 11.7 Å². The van der Waals surface area contributed by atoms with Crippen molar-refractivity contribution in [3.05, 3.63) is 29.8 Å².